The first-order valence-electron chi connectivity index (χ1n) is 7.32. The largest absolute Gasteiger partial charge is 0.459 e. The van der Waals surface area contributed by atoms with Crippen molar-refractivity contribution in [3.63, 3.8) is 0 Å². The monoisotopic (exact) mass is 307 g/mol. The van der Waals surface area contributed by atoms with Gasteiger partial charge in [-0.15, -0.1) is 0 Å². The van der Waals surface area contributed by atoms with Crippen LogP contribution in [-0.2, 0) is 0 Å². The number of amides is 1. The molecule has 3 aromatic rings. The normalized spacial score (nSPS) is 10.3. The molecule has 23 heavy (non-hydrogen) atoms. The third kappa shape index (κ3) is 3.43. The number of benzene rings is 2. The van der Waals surface area contributed by atoms with Gasteiger partial charge in [-0.1, -0.05) is 12.1 Å². The lowest BCUT2D eigenvalue weighted by molar-refractivity contribution is 0.0996. The first kappa shape index (κ1) is 14.9. The van der Waals surface area contributed by atoms with Gasteiger partial charge < -0.3 is 14.5 Å². The van der Waals surface area contributed by atoms with Crippen LogP contribution in [0.1, 0.15) is 21.7 Å². The standard InChI is InChI=1S/C19H17NO3/c1-13-5-3-6-17(14(13)2)23-16-10-8-15(9-11-16)20-19(21)18-7-4-12-22-18/h3-12H,1-2H3,(H,20,21). The summed E-state index contributed by atoms with van der Waals surface area (Å²) in [5, 5.41) is 2.77. The van der Waals surface area contributed by atoms with Gasteiger partial charge in [0.1, 0.15) is 11.5 Å². The van der Waals surface area contributed by atoms with Crippen LogP contribution in [0, 0.1) is 13.8 Å². The number of hydrogen-bond acceptors (Lipinski definition) is 3. The first-order valence-corrected chi connectivity index (χ1v) is 7.32. The number of carbonyl (C=O) groups excluding carboxylic acids is 1. The van der Waals surface area contributed by atoms with E-state index in [0.29, 0.717) is 5.69 Å². The molecule has 3 rings (SSSR count). The fraction of sp³-hybridized carbons (Fsp3) is 0.105. The Balaban J connectivity index is 1.70. The van der Waals surface area contributed by atoms with Gasteiger partial charge in [0.25, 0.3) is 5.91 Å². The van der Waals surface area contributed by atoms with E-state index in [9.17, 15) is 4.79 Å². The fourth-order valence-corrected chi connectivity index (χ4v) is 2.17. The van der Waals surface area contributed by atoms with E-state index in [1.807, 2.05) is 31.2 Å². The minimum absolute atomic E-state index is 0.278. The molecule has 0 unspecified atom stereocenters. The summed E-state index contributed by atoms with van der Waals surface area (Å²) in [6, 6.07) is 16.5. The molecule has 0 fully saturated rings. The van der Waals surface area contributed by atoms with Crippen molar-refractivity contribution in [2.75, 3.05) is 5.32 Å². The van der Waals surface area contributed by atoms with Gasteiger partial charge in [-0.05, 0) is 67.4 Å². The number of furan rings is 1. The van der Waals surface area contributed by atoms with Crippen molar-refractivity contribution in [3.05, 3.63) is 77.7 Å². The second-order valence-electron chi connectivity index (χ2n) is 5.26. The van der Waals surface area contributed by atoms with Crippen LogP contribution in [0.4, 0.5) is 5.69 Å². The highest BCUT2D eigenvalue weighted by Gasteiger charge is 2.09. The van der Waals surface area contributed by atoms with Crippen LogP contribution in [0.15, 0.2) is 65.3 Å². The van der Waals surface area contributed by atoms with Crippen molar-refractivity contribution < 1.29 is 13.9 Å². The summed E-state index contributed by atoms with van der Waals surface area (Å²) in [5.41, 5.74) is 2.98. The quantitative estimate of drug-likeness (QED) is 0.742. The fourth-order valence-electron chi connectivity index (χ4n) is 2.17. The number of ether oxygens (including phenoxy) is 1. The molecular weight excluding hydrogens is 290 g/mol. The van der Waals surface area contributed by atoms with Gasteiger partial charge in [0, 0.05) is 5.69 Å². The van der Waals surface area contributed by atoms with Crippen molar-refractivity contribution in [3.8, 4) is 11.5 Å². The number of aryl methyl sites for hydroxylation is 1. The third-order valence-corrected chi connectivity index (χ3v) is 3.64. The summed E-state index contributed by atoms with van der Waals surface area (Å²) >= 11 is 0. The molecule has 0 saturated heterocycles. The SMILES string of the molecule is Cc1cccc(Oc2ccc(NC(=O)c3ccco3)cc2)c1C. The number of carbonyl (C=O) groups is 1. The average molecular weight is 307 g/mol. The molecule has 0 bridgehead atoms. The molecule has 0 spiro atoms. The van der Waals surface area contributed by atoms with Gasteiger partial charge in [0.15, 0.2) is 5.76 Å². The summed E-state index contributed by atoms with van der Waals surface area (Å²) in [5.74, 6) is 1.55. The predicted octanol–water partition coefficient (Wildman–Crippen LogP) is 4.94. The summed E-state index contributed by atoms with van der Waals surface area (Å²) in [4.78, 5) is 11.9. The molecule has 4 heteroatoms. The van der Waals surface area contributed by atoms with E-state index in [-0.39, 0.29) is 11.7 Å². The maximum Gasteiger partial charge on any atom is 0.291 e. The van der Waals surface area contributed by atoms with Gasteiger partial charge in [-0.25, -0.2) is 0 Å². The second-order valence-corrected chi connectivity index (χ2v) is 5.26. The lowest BCUT2D eigenvalue weighted by Crippen LogP contribution is -2.10. The van der Waals surface area contributed by atoms with Crippen LogP contribution < -0.4 is 10.1 Å². The Morgan fingerprint density at radius 2 is 1.78 bits per heavy atom. The Morgan fingerprint density at radius 1 is 1.00 bits per heavy atom. The summed E-state index contributed by atoms with van der Waals surface area (Å²) in [7, 11) is 0. The maximum absolute atomic E-state index is 11.9. The van der Waals surface area contributed by atoms with Gasteiger partial charge in [0.2, 0.25) is 0 Å². The van der Waals surface area contributed by atoms with Crippen LogP contribution in [0.3, 0.4) is 0 Å². The van der Waals surface area contributed by atoms with Gasteiger partial charge in [-0.2, -0.15) is 0 Å². The highest BCUT2D eigenvalue weighted by molar-refractivity contribution is 6.02. The molecule has 1 amide bonds. The van der Waals surface area contributed by atoms with Crippen LogP contribution >= 0.6 is 0 Å². The zero-order valence-corrected chi connectivity index (χ0v) is 13.0. The minimum atomic E-state index is -0.279. The number of nitrogens with one attached hydrogen (secondary N) is 1. The van der Waals surface area contributed by atoms with Crippen molar-refractivity contribution in [1.29, 1.82) is 0 Å². The summed E-state index contributed by atoms with van der Waals surface area (Å²) in [6.07, 6.45) is 1.47. The molecule has 4 nitrogen and oxygen atoms in total. The minimum Gasteiger partial charge on any atom is -0.459 e. The van der Waals surface area contributed by atoms with Crippen molar-refractivity contribution >= 4 is 11.6 Å². The molecule has 0 saturated carbocycles. The van der Waals surface area contributed by atoms with E-state index < -0.39 is 0 Å². The van der Waals surface area contributed by atoms with Crippen molar-refractivity contribution in [2.45, 2.75) is 13.8 Å². The Hall–Kier alpha value is -3.01. The molecular formula is C19H17NO3. The van der Waals surface area contributed by atoms with E-state index in [1.54, 1.807) is 24.3 Å². The van der Waals surface area contributed by atoms with Crippen molar-refractivity contribution in [1.82, 2.24) is 0 Å². The Bertz CT molecular complexity index is 805. The molecule has 0 aliphatic rings. The summed E-state index contributed by atoms with van der Waals surface area (Å²) < 4.78 is 10.9. The Labute approximate surface area is 134 Å². The zero-order chi connectivity index (χ0) is 16.2. The molecule has 0 radical (unpaired) electrons. The molecule has 1 aromatic heterocycles. The second kappa shape index (κ2) is 6.40. The average Bonchev–Trinajstić information content (AvgIpc) is 3.08. The predicted molar refractivity (Wildman–Crippen MR) is 89.1 cm³/mol. The van der Waals surface area contributed by atoms with E-state index in [0.717, 1.165) is 17.1 Å². The third-order valence-electron chi connectivity index (χ3n) is 3.64. The highest BCUT2D eigenvalue weighted by atomic mass is 16.5. The van der Waals surface area contributed by atoms with E-state index in [2.05, 4.69) is 18.3 Å². The highest BCUT2D eigenvalue weighted by Crippen LogP contribution is 2.27. The number of hydrogen-bond donors (Lipinski definition) is 1. The maximum atomic E-state index is 11.9. The molecule has 1 N–H and O–H groups in total. The van der Waals surface area contributed by atoms with Crippen LogP contribution in [0.2, 0.25) is 0 Å². The smallest absolute Gasteiger partial charge is 0.291 e. The Morgan fingerprint density at radius 3 is 2.48 bits per heavy atom. The summed E-state index contributed by atoms with van der Waals surface area (Å²) in [6.45, 7) is 4.08. The molecule has 0 aliphatic carbocycles. The van der Waals surface area contributed by atoms with Crippen molar-refractivity contribution in [2.24, 2.45) is 0 Å². The van der Waals surface area contributed by atoms with Gasteiger partial charge >= 0.3 is 0 Å². The van der Waals surface area contributed by atoms with E-state index in [4.69, 9.17) is 9.15 Å². The van der Waals surface area contributed by atoms with E-state index in [1.165, 1.54) is 11.8 Å². The van der Waals surface area contributed by atoms with E-state index >= 15 is 0 Å². The van der Waals surface area contributed by atoms with Crippen LogP contribution in [0.5, 0.6) is 11.5 Å². The molecule has 1 heterocycles. The van der Waals surface area contributed by atoms with Crippen LogP contribution in [0.25, 0.3) is 0 Å². The van der Waals surface area contributed by atoms with Crippen LogP contribution in [-0.4, -0.2) is 5.91 Å². The van der Waals surface area contributed by atoms with Gasteiger partial charge in [-0.3, -0.25) is 4.79 Å². The lowest BCUT2D eigenvalue weighted by Gasteiger charge is -2.11. The number of rotatable bonds is 4. The van der Waals surface area contributed by atoms with Gasteiger partial charge in [0.05, 0.1) is 6.26 Å². The molecule has 2 aromatic carbocycles. The Kier molecular flexibility index (Phi) is 4.15. The zero-order valence-electron chi connectivity index (χ0n) is 13.0. The lowest BCUT2D eigenvalue weighted by atomic mass is 10.1. The molecule has 0 aliphatic heterocycles. The topological polar surface area (TPSA) is 51.5 Å². The number of anilines is 1. The molecule has 116 valence electrons. The molecule has 0 atom stereocenters. The first-order chi connectivity index (χ1) is 11.1.